The number of rotatable bonds is 6. The molecule has 0 saturated carbocycles. The Hall–Kier alpha value is -2.90. The topological polar surface area (TPSA) is 90.5 Å². The summed E-state index contributed by atoms with van der Waals surface area (Å²) in [6.07, 6.45) is -0.590. The Balaban J connectivity index is 2.25. The molecule has 1 fully saturated rings. The molecule has 0 N–H and O–H groups in total. The van der Waals surface area contributed by atoms with Gasteiger partial charge in [0.05, 0.1) is 18.0 Å². The van der Waals surface area contributed by atoms with Crippen LogP contribution < -0.4 is 10.6 Å². The van der Waals surface area contributed by atoms with Gasteiger partial charge in [-0.1, -0.05) is 53.7 Å². The number of fused-ring (bicyclic) bond motifs is 1. The quantitative estimate of drug-likeness (QED) is 0.501. The summed E-state index contributed by atoms with van der Waals surface area (Å²) in [6.45, 7) is 13.4. The minimum atomic E-state index is -0.752. The summed E-state index contributed by atoms with van der Waals surface area (Å²) < 4.78 is 12.1. The summed E-state index contributed by atoms with van der Waals surface area (Å²) in [5.74, 6) is -0.546. The van der Waals surface area contributed by atoms with E-state index in [4.69, 9.17) is 14.5 Å². The molecule has 8 heteroatoms. The van der Waals surface area contributed by atoms with Crippen LogP contribution in [0, 0.1) is 11.3 Å². The Morgan fingerprint density at radius 3 is 2.28 bits per heavy atom. The summed E-state index contributed by atoms with van der Waals surface area (Å²) in [6, 6.07) is 5.89. The molecular formula is C24H33N3O5. The molecule has 1 unspecified atom stereocenters. The minimum Gasteiger partial charge on any atom is -0.467 e. The van der Waals surface area contributed by atoms with Crippen molar-refractivity contribution in [3.05, 3.63) is 40.4 Å². The number of esters is 2. The van der Waals surface area contributed by atoms with Crippen molar-refractivity contribution in [2.75, 3.05) is 12.1 Å². The Kier molecular flexibility index (Phi) is 6.36. The second-order valence-corrected chi connectivity index (χ2v) is 9.85. The van der Waals surface area contributed by atoms with Crippen LogP contribution in [0.1, 0.15) is 60.2 Å². The maximum atomic E-state index is 13.7. The molecule has 2 heterocycles. The van der Waals surface area contributed by atoms with E-state index in [1.54, 1.807) is 17.1 Å². The van der Waals surface area contributed by atoms with Crippen molar-refractivity contribution in [3.63, 3.8) is 0 Å². The van der Waals surface area contributed by atoms with Gasteiger partial charge in [0.15, 0.2) is 6.04 Å². The number of hydrogen-bond donors (Lipinski definition) is 0. The van der Waals surface area contributed by atoms with E-state index in [-0.39, 0.29) is 22.8 Å². The predicted molar refractivity (Wildman–Crippen MR) is 122 cm³/mol. The van der Waals surface area contributed by atoms with Crippen molar-refractivity contribution in [1.29, 1.82) is 0 Å². The summed E-state index contributed by atoms with van der Waals surface area (Å²) in [7, 11) is 1.31. The number of benzene rings is 1. The predicted octanol–water partition coefficient (Wildman–Crippen LogP) is 3.00. The molecule has 0 radical (unpaired) electrons. The number of carbonyl (C=O) groups is 2. The normalized spacial score (nSPS) is 20.2. The molecule has 8 nitrogen and oxygen atoms in total. The zero-order valence-corrected chi connectivity index (χ0v) is 20.1. The monoisotopic (exact) mass is 443 g/mol. The summed E-state index contributed by atoms with van der Waals surface area (Å²) >= 11 is 0. The van der Waals surface area contributed by atoms with Gasteiger partial charge in [0.2, 0.25) is 0 Å². The van der Waals surface area contributed by atoms with Gasteiger partial charge in [-0.05, 0) is 23.5 Å². The van der Waals surface area contributed by atoms with Crippen LogP contribution in [-0.2, 0) is 19.1 Å². The van der Waals surface area contributed by atoms with Crippen LogP contribution in [0.4, 0.5) is 0 Å². The highest BCUT2D eigenvalue weighted by atomic mass is 16.5. The maximum Gasteiger partial charge on any atom is 0.332 e. The molecule has 32 heavy (non-hydrogen) atoms. The first-order chi connectivity index (χ1) is 14.9. The molecule has 1 saturated heterocycles. The SMILES string of the molecule is COC(=O)[C@H]1[C@H]([C@@H](OC(C)=O)C(C)C)N1n1c(C(C)C(C)(C)C)nc2ccccc2c1=O. The van der Waals surface area contributed by atoms with Crippen molar-refractivity contribution in [3.8, 4) is 0 Å². The van der Waals surface area contributed by atoms with Gasteiger partial charge in [0.1, 0.15) is 18.0 Å². The zero-order valence-electron chi connectivity index (χ0n) is 20.1. The van der Waals surface area contributed by atoms with Crippen LogP contribution in [0.15, 0.2) is 29.1 Å². The van der Waals surface area contributed by atoms with Crippen LogP contribution in [0.25, 0.3) is 10.9 Å². The van der Waals surface area contributed by atoms with Gasteiger partial charge in [-0.3, -0.25) is 14.6 Å². The van der Waals surface area contributed by atoms with Gasteiger partial charge >= 0.3 is 11.9 Å². The summed E-state index contributed by atoms with van der Waals surface area (Å²) in [4.78, 5) is 43.0. The number of ether oxygens (including phenoxy) is 2. The van der Waals surface area contributed by atoms with E-state index in [2.05, 4.69) is 20.8 Å². The summed E-state index contributed by atoms with van der Waals surface area (Å²) in [5.41, 5.74) is 0.153. The van der Waals surface area contributed by atoms with Crippen molar-refractivity contribution in [2.24, 2.45) is 11.3 Å². The van der Waals surface area contributed by atoms with Gasteiger partial charge in [-0.25, -0.2) is 14.5 Å². The Bertz CT molecular complexity index is 1090. The van der Waals surface area contributed by atoms with Crippen LogP contribution in [0.5, 0.6) is 0 Å². The third-order valence-corrected chi connectivity index (χ3v) is 6.26. The van der Waals surface area contributed by atoms with Gasteiger partial charge in [-0.15, -0.1) is 0 Å². The smallest absolute Gasteiger partial charge is 0.332 e. The van der Waals surface area contributed by atoms with Crippen LogP contribution >= 0.6 is 0 Å². The minimum absolute atomic E-state index is 0.0753. The average molecular weight is 444 g/mol. The second-order valence-electron chi connectivity index (χ2n) is 9.85. The highest BCUT2D eigenvalue weighted by Gasteiger charge is 2.61. The fourth-order valence-electron chi connectivity index (χ4n) is 4.02. The number of para-hydroxylation sites is 1. The molecule has 2 aromatic rings. The van der Waals surface area contributed by atoms with E-state index in [0.717, 1.165) is 0 Å². The molecule has 1 aromatic heterocycles. The van der Waals surface area contributed by atoms with Gasteiger partial charge in [-0.2, -0.15) is 0 Å². The molecule has 0 amide bonds. The van der Waals surface area contributed by atoms with Crippen LogP contribution in [0.3, 0.4) is 0 Å². The van der Waals surface area contributed by atoms with Crippen LogP contribution in [0.2, 0.25) is 0 Å². The fraction of sp³-hybridized carbons (Fsp3) is 0.583. The first-order valence-electron chi connectivity index (χ1n) is 11.0. The Morgan fingerprint density at radius 1 is 1.12 bits per heavy atom. The number of nitrogens with zero attached hydrogens (tertiary/aromatic N) is 3. The number of hydrogen-bond acceptors (Lipinski definition) is 7. The highest BCUT2D eigenvalue weighted by Crippen LogP contribution is 2.39. The van der Waals surface area contributed by atoms with Crippen LogP contribution in [-0.4, -0.2) is 46.9 Å². The lowest BCUT2D eigenvalue weighted by Crippen LogP contribution is -2.40. The summed E-state index contributed by atoms with van der Waals surface area (Å²) in [5, 5.41) is 2.12. The lowest BCUT2D eigenvalue weighted by atomic mass is 9.81. The van der Waals surface area contributed by atoms with E-state index >= 15 is 0 Å². The van der Waals surface area contributed by atoms with Gasteiger partial charge < -0.3 is 9.47 Å². The number of methoxy groups -OCH3 is 1. The van der Waals surface area contributed by atoms with Gasteiger partial charge in [0.25, 0.3) is 5.56 Å². The van der Waals surface area contributed by atoms with Gasteiger partial charge in [0, 0.05) is 12.8 Å². The third kappa shape index (κ3) is 4.23. The van der Waals surface area contributed by atoms with E-state index in [9.17, 15) is 14.4 Å². The van der Waals surface area contributed by atoms with E-state index in [0.29, 0.717) is 16.7 Å². The Labute approximate surface area is 188 Å². The molecule has 4 atom stereocenters. The number of aromatic nitrogens is 2. The molecule has 0 aliphatic carbocycles. The van der Waals surface area contributed by atoms with E-state index < -0.39 is 30.1 Å². The molecule has 3 rings (SSSR count). The number of carbonyl (C=O) groups excluding carboxylic acids is 2. The van der Waals surface area contributed by atoms with Crippen molar-refractivity contribution < 1.29 is 19.1 Å². The molecule has 1 aliphatic rings. The largest absolute Gasteiger partial charge is 0.467 e. The highest BCUT2D eigenvalue weighted by molar-refractivity contribution is 5.85. The second kappa shape index (κ2) is 8.56. The molecule has 1 aromatic carbocycles. The zero-order chi connectivity index (χ0) is 24.0. The third-order valence-electron chi connectivity index (χ3n) is 6.26. The van der Waals surface area contributed by atoms with Crippen molar-refractivity contribution >= 4 is 22.8 Å². The first kappa shape index (κ1) is 23.8. The molecule has 174 valence electrons. The van der Waals surface area contributed by atoms with Crippen molar-refractivity contribution in [2.45, 2.75) is 72.6 Å². The maximum absolute atomic E-state index is 13.7. The molecule has 0 spiro atoms. The van der Waals surface area contributed by atoms with E-state index in [1.165, 1.54) is 18.7 Å². The average Bonchev–Trinajstić information content (AvgIpc) is 3.44. The lowest BCUT2D eigenvalue weighted by molar-refractivity contribution is -0.149. The lowest BCUT2D eigenvalue weighted by Gasteiger charge is -2.30. The first-order valence-corrected chi connectivity index (χ1v) is 11.0. The molecule has 0 bridgehead atoms. The standard InChI is InChI=1S/C24H33N3O5/c1-13(2)20(32-15(4)28)18-19(23(30)31-8)26(18)27-21(14(3)24(5,6)7)25-17-12-10-9-11-16(17)22(27)29/h9-14,18-20H,1-8H3/t14?,18-,19-,20+,26?/m1/s1. The van der Waals surface area contributed by atoms with E-state index in [1.807, 2.05) is 32.9 Å². The fourth-order valence-corrected chi connectivity index (χ4v) is 4.02. The van der Waals surface area contributed by atoms with Crippen molar-refractivity contribution in [1.82, 2.24) is 9.66 Å². The molecular weight excluding hydrogens is 410 g/mol. The Morgan fingerprint density at radius 2 is 1.75 bits per heavy atom. The molecule has 1 aliphatic heterocycles.